The second-order valence-electron chi connectivity index (χ2n) is 8.93. The standard InChI is InChI=1S/C26H50N2O4.Na/c1-2-3-4-5-6-7-10-13-16-19-24(29)27-22-23-28-25(30)20-17-14-11-8-9-12-15-18-21-26(31)32;/h2-23H2,1H3,(H,27,29)(H,28,30)(H,31,32);/q;+1/p-1. The average Bonchev–Trinajstić information content (AvgIpc) is 2.76. The van der Waals surface area contributed by atoms with E-state index < -0.39 is 5.97 Å². The van der Waals surface area contributed by atoms with Crippen molar-refractivity contribution in [2.45, 2.75) is 135 Å². The summed E-state index contributed by atoms with van der Waals surface area (Å²) in [7, 11) is 0. The molecule has 0 spiro atoms. The summed E-state index contributed by atoms with van der Waals surface area (Å²) in [6.45, 7) is 3.06. The van der Waals surface area contributed by atoms with Crippen LogP contribution in [0.1, 0.15) is 135 Å². The number of aliphatic carboxylic acids is 1. The Bertz CT molecular complexity index is 487. The van der Waals surface area contributed by atoms with Gasteiger partial charge in [0.25, 0.3) is 0 Å². The second kappa shape index (κ2) is 27.7. The molecule has 0 saturated heterocycles. The van der Waals surface area contributed by atoms with E-state index in [0.29, 0.717) is 25.9 Å². The number of carboxylic acid groups (broad SMARTS) is 1. The molecule has 0 rings (SSSR count). The number of nitrogens with one attached hydrogen (secondary N) is 1. The molecular weight excluding hydrogens is 427 g/mol. The number of carboxylic acids is 1. The second-order valence-corrected chi connectivity index (χ2v) is 8.93. The van der Waals surface area contributed by atoms with Crippen LogP contribution in [0.25, 0.3) is 0 Å². The number of carbonyl (C=O) groups excluding carboxylic acids is 1. The van der Waals surface area contributed by atoms with E-state index >= 15 is 0 Å². The molecule has 0 heterocycles. The van der Waals surface area contributed by atoms with Crippen LogP contribution in [0.2, 0.25) is 0 Å². The maximum Gasteiger partial charge on any atom is 1.00 e. The Balaban J connectivity index is 0. The first-order valence-electron chi connectivity index (χ1n) is 13.2. The molecule has 188 valence electrons. The summed E-state index contributed by atoms with van der Waals surface area (Å²) >= 11 is 0. The molecule has 0 aliphatic rings. The number of nitrogens with zero attached hydrogens (tertiary/aromatic N) is 1. The Morgan fingerprint density at radius 1 is 0.697 bits per heavy atom. The van der Waals surface area contributed by atoms with Crippen molar-refractivity contribution in [3.63, 3.8) is 0 Å². The van der Waals surface area contributed by atoms with Crippen LogP contribution >= 0.6 is 0 Å². The van der Waals surface area contributed by atoms with Crippen molar-refractivity contribution >= 4 is 17.8 Å². The third-order valence-electron chi connectivity index (χ3n) is 5.76. The summed E-state index contributed by atoms with van der Waals surface area (Å²) in [6.07, 6.45) is 20.7. The zero-order chi connectivity index (χ0) is 23.7. The molecular formula is C26H49N2NaO4. The monoisotopic (exact) mass is 476 g/mol. The third-order valence-corrected chi connectivity index (χ3v) is 5.76. The van der Waals surface area contributed by atoms with E-state index in [0.717, 1.165) is 64.2 Å². The minimum Gasteiger partial charge on any atom is -0.862 e. The van der Waals surface area contributed by atoms with Gasteiger partial charge in [0, 0.05) is 19.4 Å². The van der Waals surface area contributed by atoms with Crippen molar-refractivity contribution in [1.82, 2.24) is 5.32 Å². The van der Waals surface area contributed by atoms with E-state index in [1.807, 2.05) is 0 Å². The van der Waals surface area contributed by atoms with E-state index in [2.05, 4.69) is 17.2 Å². The summed E-state index contributed by atoms with van der Waals surface area (Å²) in [5.74, 6) is -0.706. The van der Waals surface area contributed by atoms with E-state index in [4.69, 9.17) is 5.11 Å². The van der Waals surface area contributed by atoms with Gasteiger partial charge in [0.15, 0.2) is 0 Å². The van der Waals surface area contributed by atoms with Gasteiger partial charge >= 0.3 is 35.5 Å². The Hall–Kier alpha value is -0.590. The van der Waals surface area contributed by atoms with Crippen LogP contribution in [0.5, 0.6) is 0 Å². The molecule has 6 nitrogen and oxygen atoms in total. The molecule has 0 aromatic carbocycles. The summed E-state index contributed by atoms with van der Waals surface area (Å²) in [5, 5.41) is 23.2. The normalized spacial score (nSPS) is 11.2. The minimum absolute atomic E-state index is 0. The molecule has 7 heteroatoms. The first-order valence-corrected chi connectivity index (χ1v) is 13.2. The van der Waals surface area contributed by atoms with Gasteiger partial charge < -0.3 is 20.5 Å². The smallest absolute Gasteiger partial charge is 0.862 e. The van der Waals surface area contributed by atoms with Crippen LogP contribution in [0, 0.1) is 0 Å². The van der Waals surface area contributed by atoms with Gasteiger partial charge in [-0.25, -0.2) is 0 Å². The molecule has 0 atom stereocenters. The molecule has 0 aromatic heterocycles. The largest absolute Gasteiger partial charge is 1.00 e. The van der Waals surface area contributed by atoms with Gasteiger partial charge in [0.2, 0.25) is 5.91 Å². The van der Waals surface area contributed by atoms with Crippen molar-refractivity contribution in [2.24, 2.45) is 4.99 Å². The summed E-state index contributed by atoms with van der Waals surface area (Å²) in [4.78, 5) is 26.3. The van der Waals surface area contributed by atoms with Crippen LogP contribution in [0.3, 0.4) is 0 Å². The predicted molar refractivity (Wildman–Crippen MR) is 131 cm³/mol. The van der Waals surface area contributed by atoms with E-state index in [-0.39, 0.29) is 47.8 Å². The van der Waals surface area contributed by atoms with E-state index in [1.54, 1.807) is 0 Å². The van der Waals surface area contributed by atoms with Gasteiger partial charge in [-0.3, -0.25) is 9.59 Å². The Kier molecular flexibility index (Phi) is 29.0. The van der Waals surface area contributed by atoms with Crippen LogP contribution in [0.4, 0.5) is 0 Å². The maximum absolute atomic E-state index is 11.8. The van der Waals surface area contributed by atoms with Crippen LogP contribution < -0.4 is 40.0 Å². The van der Waals surface area contributed by atoms with Crippen LogP contribution in [-0.2, 0) is 9.59 Å². The molecule has 0 saturated carbocycles. The van der Waals surface area contributed by atoms with E-state index in [9.17, 15) is 14.7 Å². The number of rotatable bonds is 24. The maximum atomic E-state index is 11.8. The zero-order valence-electron chi connectivity index (χ0n) is 21.7. The van der Waals surface area contributed by atoms with Gasteiger partial charge in [-0.15, -0.1) is 0 Å². The number of carbonyl (C=O) groups is 2. The third kappa shape index (κ3) is 29.4. The first-order chi connectivity index (χ1) is 15.6. The fourth-order valence-electron chi connectivity index (χ4n) is 3.75. The molecule has 0 radical (unpaired) electrons. The Morgan fingerprint density at radius 3 is 1.61 bits per heavy atom. The summed E-state index contributed by atoms with van der Waals surface area (Å²) in [5.41, 5.74) is 0. The summed E-state index contributed by atoms with van der Waals surface area (Å²) < 4.78 is 0. The predicted octanol–water partition coefficient (Wildman–Crippen LogP) is 2.77. The van der Waals surface area contributed by atoms with Gasteiger partial charge in [0.05, 0.1) is 6.54 Å². The van der Waals surface area contributed by atoms with Crippen LogP contribution in [-0.4, -0.2) is 36.0 Å². The number of hydrogen-bond donors (Lipinski definition) is 2. The molecule has 0 bridgehead atoms. The fraction of sp³-hybridized carbons (Fsp3) is 0.885. The van der Waals surface area contributed by atoms with Gasteiger partial charge in [-0.05, 0) is 31.6 Å². The van der Waals surface area contributed by atoms with Crippen LogP contribution in [0.15, 0.2) is 4.99 Å². The molecule has 1 amide bonds. The van der Waals surface area contributed by atoms with Crippen molar-refractivity contribution in [3.8, 4) is 0 Å². The zero-order valence-corrected chi connectivity index (χ0v) is 23.7. The van der Waals surface area contributed by atoms with Crippen molar-refractivity contribution < 1.29 is 49.4 Å². The molecule has 0 fully saturated rings. The average molecular weight is 477 g/mol. The van der Waals surface area contributed by atoms with Gasteiger partial charge in [-0.1, -0.05) is 96.8 Å². The van der Waals surface area contributed by atoms with E-state index in [1.165, 1.54) is 44.9 Å². The number of unbranched alkanes of at least 4 members (excludes halogenated alkanes) is 15. The van der Waals surface area contributed by atoms with Crippen molar-refractivity contribution in [3.05, 3.63) is 0 Å². The summed E-state index contributed by atoms with van der Waals surface area (Å²) in [6, 6.07) is 0. The number of aliphatic imine (C=N–C) groups is 1. The Labute approximate surface area is 225 Å². The molecule has 33 heavy (non-hydrogen) atoms. The van der Waals surface area contributed by atoms with Crippen molar-refractivity contribution in [1.29, 1.82) is 0 Å². The molecule has 0 aromatic rings. The molecule has 0 unspecified atom stereocenters. The first kappa shape index (κ1) is 34.6. The van der Waals surface area contributed by atoms with Gasteiger partial charge in [0.1, 0.15) is 0 Å². The number of amides is 1. The SMILES string of the molecule is CCCCCCCCCCCC([O-])=NCCNC(=O)CCCCCCCCCCC(=O)O.[Na+]. The minimum atomic E-state index is -0.711. The molecule has 0 aliphatic heterocycles. The molecule has 2 N–H and O–H groups in total. The molecule has 0 aliphatic carbocycles. The topological polar surface area (TPSA) is 102 Å². The van der Waals surface area contributed by atoms with Crippen molar-refractivity contribution in [2.75, 3.05) is 13.1 Å². The quantitative estimate of drug-likeness (QED) is 0.0968. The fourth-order valence-corrected chi connectivity index (χ4v) is 3.75. The Morgan fingerprint density at radius 2 is 1.12 bits per heavy atom. The van der Waals surface area contributed by atoms with Gasteiger partial charge in [-0.2, -0.15) is 0 Å². The number of hydrogen-bond acceptors (Lipinski definition) is 4.